The maximum atomic E-state index is 10.3. The van der Waals surface area contributed by atoms with Crippen molar-refractivity contribution in [3.05, 3.63) is 30.1 Å². The predicted molar refractivity (Wildman–Crippen MR) is 71.9 cm³/mol. The van der Waals surface area contributed by atoms with Gasteiger partial charge in [0.05, 0.1) is 6.10 Å². The summed E-state index contributed by atoms with van der Waals surface area (Å²) in [7, 11) is 0. The summed E-state index contributed by atoms with van der Waals surface area (Å²) in [4.78, 5) is 4.31. The number of aromatic nitrogens is 1. The number of rotatable bonds is 4. The van der Waals surface area contributed by atoms with Crippen molar-refractivity contribution in [2.45, 2.75) is 53.1 Å². The van der Waals surface area contributed by atoms with E-state index in [1.165, 1.54) is 0 Å². The highest BCUT2D eigenvalue weighted by Gasteiger charge is 2.26. The SMILES string of the molecule is CC(c1ccccn1)C(O)CC(C)C(C)(C)C. The standard InChI is InChI=1S/C15H25NO/c1-11(15(3,4)5)10-14(17)12(2)13-8-6-7-9-16-13/h6-9,11-12,14,17H,10H2,1-5H3. The van der Waals surface area contributed by atoms with Crippen LogP contribution in [0.5, 0.6) is 0 Å². The molecule has 1 heterocycles. The van der Waals surface area contributed by atoms with E-state index in [9.17, 15) is 5.11 Å². The first kappa shape index (κ1) is 14.2. The molecular formula is C15H25NO. The second-order valence-electron chi connectivity index (χ2n) is 6.11. The predicted octanol–water partition coefficient (Wildman–Crippen LogP) is 3.62. The molecule has 0 fully saturated rings. The third-order valence-corrected chi connectivity index (χ3v) is 3.80. The van der Waals surface area contributed by atoms with Gasteiger partial charge in [0.15, 0.2) is 0 Å². The summed E-state index contributed by atoms with van der Waals surface area (Å²) in [5.74, 6) is 0.588. The normalized spacial score (nSPS) is 17.5. The van der Waals surface area contributed by atoms with Crippen molar-refractivity contribution in [2.24, 2.45) is 11.3 Å². The van der Waals surface area contributed by atoms with Crippen LogP contribution in [0.4, 0.5) is 0 Å². The third-order valence-electron chi connectivity index (χ3n) is 3.80. The van der Waals surface area contributed by atoms with Crippen molar-refractivity contribution in [1.82, 2.24) is 4.98 Å². The molecule has 0 saturated carbocycles. The molecule has 0 saturated heterocycles. The molecule has 0 bridgehead atoms. The van der Waals surface area contributed by atoms with Gasteiger partial charge >= 0.3 is 0 Å². The highest BCUT2D eigenvalue weighted by Crippen LogP contribution is 2.32. The molecule has 2 heteroatoms. The smallest absolute Gasteiger partial charge is 0.0623 e. The molecule has 0 aliphatic rings. The number of hydrogen-bond donors (Lipinski definition) is 1. The molecule has 0 aliphatic carbocycles. The van der Waals surface area contributed by atoms with Crippen LogP contribution in [0.15, 0.2) is 24.4 Å². The van der Waals surface area contributed by atoms with Gasteiger partial charge < -0.3 is 5.11 Å². The first-order chi connectivity index (χ1) is 7.82. The number of nitrogens with zero attached hydrogens (tertiary/aromatic N) is 1. The van der Waals surface area contributed by atoms with Gasteiger partial charge in [0.2, 0.25) is 0 Å². The average Bonchev–Trinajstić information content (AvgIpc) is 2.27. The second kappa shape index (κ2) is 5.63. The van der Waals surface area contributed by atoms with Gasteiger partial charge in [-0.05, 0) is 29.9 Å². The van der Waals surface area contributed by atoms with Crippen molar-refractivity contribution >= 4 is 0 Å². The molecule has 96 valence electrons. The van der Waals surface area contributed by atoms with E-state index in [2.05, 4.69) is 32.7 Å². The van der Waals surface area contributed by atoms with Crippen molar-refractivity contribution in [1.29, 1.82) is 0 Å². The van der Waals surface area contributed by atoms with Crippen LogP contribution >= 0.6 is 0 Å². The maximum absolute atomic E-state index is 10.3. The van der Waals surface area contributed by atoms with Crippen LogP contribution in [0.2, 0.25) is 0 Å². The Labute approximate surface area is 105 Å². The van der Waals surface area contributed by atoms with Gasteiger partial charge in [0.1, 0.15) is 0 Å². The molecule has 0 spiro atoms. The highest BCUT2D eigenvalue weighted by molar-refractivity contribution is 5.10. The van der Waals surface area contributed by atoms with Crippen molar-refractivity contribution in [3.63, 3.8) is 0 Å². The minimum Gasteiger partial charge on any atom is -0.392 e. The van der Waals surface area contributed by atoms with E-state index in [1.54, 1.807) is 6.20 Å². The molecule has 3 atom stereocenters. The number of hydrogen-bond acceptors (Lipinski definition) is 2. The van der Waals surface area contributed by atoms with Crippen LogP contribution in [0.3, 0.4) is 0 Å². The summed E-state index contributed by atoms with van der Waals surface area (Å²) in [6.45, 7) is 10.9. The average molecular weight is 235 g/mol. The van der Waals surface area contributed by atoms with Gasteiger partial charge in [-0.2, -0.15) is 0 Å². The molecule has 0 radical (unpaired) electrons. The zero-order chi connectivity index (χ0) is 13.1. The number of aliphatic hydroxyl groups is 1. The van der Waals surface area contributed by atoms with Crippen LogP contribution in [0, 0.1) is 11.3 Å². The minimum atomic E-state index is -0.320. The maximum Gasteiger partial charge on any atom is 0.0623 e. The van der Waals surface area contributed by atoms with E-state index in [0.29, 0.717) is 5.92 Å². The van der Waals surface area contributed by atoms with Gasteiger partial charge in [-0.15, -0.1) is 0 Å². The lowest BCUT2D eigenvalue weighted by Gasteiger charge is -2.30. The van der Waals surface area contributed by atoms with E-state index in [-0.39, 0.29) is 17.4 Å². The molecule has 1 N–H and O–H groups in total. The molecule has 0 amide bonds. The summed E-state index contributed by atoms with van der Waals surface area (Å²) in [5, 5.41) is 10.3. The Morgan fingerprint density at radius 2 is 1.88 bits per heavy atom. The summed E-state index contributed by atoms with van der Waals surface area (Å²) >= 11 is 0. The lowest BCUT2D eigenvalue weighted by atomic mass is 9.77. The fraction of sp³-hybridized carbons (Fsp3) is 0.667. The van der Waals surface area contributed by atoms with Crippen molar-refractivity contribution in [3.8, 4) is 0 Å². The van der Waals surface area contributed by atoms with E-state index in [4.69, 9.17) is 0 Å². The second-order valence-corrected chi connectivity index (χ2v) is 6.11. The first-order valence-corrected chi connectivity index (χ1v) is 6.41. The monoisotopic (exact) mass is 235 g/mol. The van der Waals surface area contributed by atoms with E-state index in [0.717, 1.165) is 12.1 Å². The molecule has 3 unspecified atom stereocenters. The number of pyridine rings is 1. The van der Waals surface area contributed by atoms with Crippen LogP contribution in [0.25, 0.3) is 0 Å². The largest absolute Gasteiger partial charge is 0.392 e. The van der Waals surface area contributed by atoms with Crippen LogP contribution < -0.4 is 0 Å². The van der Waals surface area contributed by atoms with Gasteiger partial charge in [-0.1, -0.05) is 40.7 Å². The summed E-state index contributed by atoms with van der Waals surface area (Å²) in [6, 6.07) is 5.86. The summed E-state index contributed by atoms with van der Waals surface area (Å²) in [5.41, 5.74) is 1.21. The van der Waals surface area contributed by atoms with Crippen molar-refractivity contribution < 1.29 is 5.11 Å². The Hall–Kier alpha value is -0.890. The third kappa shape index (κ3) is 4.12. The van der Waals surface area contributed by atoms with Gasteiger partial charge in [0.25, 0.3) is 0 Å². The van der Waals surface area contributed by atoms with E-state index in [1.807, 2.05) is 25.1 Å². The lowest BCUT2D eigenvalue weighted by Crippen LogP contribution is -2.26. The lowest BCUT2D eigenvalue weighted by molar-refractivity contribution is 0.0910. The van der Waals surface area contributed by atoms with Gasteiger partial charge in [-0.25, -0.2) is 0 Å². The highest BCUT2D eigenvalue weighted by atomic mass is 16.3. The minimum absolute atomic E-state index is 0.0981. The van der Waals surface area contributed by atoms with Crippen molar-refractivity contribution in [2.75, 3.05) is 0 Å². The Morgan fingerprint density at radius 1 is 1.24 bits per heavy atom. The molecule has 1 rings (SSSR count). The Bertz CT molecular complexity index is 329. The topological polar surface area (TPSA) is 33.1 Å². The zero-order valence-electron chi connectivity index (χ0n) is 11.6. The van der Waals surface area contributed by atoms with Gasteiger partial charge in [0, 0.05) is 17.8 Å². The molecule has 1 aromatic rings. The molecule has 0 aliphatic heterocycles. The summed E-state index contributed by atoms with van der Waals surface area (Å²) in [6.07, 6.45) is 2.28. The first-order valence-electron chi connectivity index (χ1n) is 6.41. The molecule has 17 heavy (non-hydrogen) atoms. The molecule has 1 aromatic heterocycles. The fourth-order valence-corrected chi connectivity index (χ4v) is 1.76. The molecule has 2 nitrogen and oxygen atoms in total. The number of aliphatic hydroxyl groups excluding tert-OH is 1. The Balaban J connectivity index is 2.62. The Morgan fingerprint density at radius 3 is 2.35 bits per heavy atom. The zero-order valence-corrected chi connectivity index (χ0v) is 11.6. The van der Waals surface area contributed by atoms with Gasteiger partial charge in [-0.3, -0.25) is 4.98 Å². The molecule has 0 aromatic carbocycles. The van der Waals surface area contributed by atoms with Crippen LogP contribution in [0.1, 0.15) is 52.7 Å². The summed E-state index contributed by atoms with van der Waals surface area (Å²) < 4.78 is 0. The quantitative estimate of drug-likeness (QED) is 0.864. The van der Waals surface area contributed by atoms with Crippen LogP contribution in [-0.4, -0.2) is 16.2 Å². The fourth-order valence-electron chi connectivity index (χ4n) is 1.76. The van der Waals surface area contributed by atoms with E-state index < -0.39 is 0 Å². The molecular weight excluding hydrogens is 210 g/mol. The Kier molecular flexibility index (Phi) is 4.70. The van der Waals surface area contributed by atoms with Crippen LogP contribution in [-0.2, 0) is 0 Å². The van der Waals surface area contributed by atoms with E-state index >= 15 is 0 Å².